The number of aromatic nitrogens is 1. The molecule has 0 N–H and O–H groups in total. The molecule has 0 saturated carbocycles. The summed E-state index contributed by atoms with van der Waals surface area (Å²) in [7, 11) is -0.806. The van der Waals surface area contributed by atoms with Gasteiger partial charge in [0, 0.05) is 24.7 Å². The fourth-order valence-corrected chi connectivity index (χ4v) is 2.94. The predicted molar refractivity (Wildman–Crippen MR) is 90.6 cm³/mol. The topological polar surface area (TPSA) is 34.6 Å². The van der Waals surface area contributed by atoms with Crippen LogP contribution in [0.5, 0.6) is 0 Å². The second-order valence-corrected chi connectivity index (χ2v) is 7.50. The molecule has 4 nitrogen and oxygen atoms in total. The van der Waals surface area contributed by atoms with Gasteiger partial charge in [-0.25, -0.2) is 0 Å². The molecule has 2 aliphatic heterocycles. The van der Waals surface area contributed by atoms with Crippen LogP contribution < -0.4 is 10.4 Å². The lowest BCUT2D eigenvalue weighted by Crippen LogP contribution is -2.41. The van der Waals surface area contributed by atoms with E-state index in [1.165, 1.54) is 0 Å². The van der Waals surface area contributed by atoms with Gasteiger partial charge in [0.05, 0.1) is 27.2 Å². The minimum absolute atomic E-state index is 0.00985. The standard InChI is InChI=1S/C17H27BN2O2/c1-13-7-6-8-20(12-13)15-9-14(10-19-11-15)18-21-16(2,3)17(4,5)22-18/h9-11,13H,6-8,12H2,1-5H3/i9D,10D,11D. The third-order valence-corrected chi connectivity index (χ3v) is 5.05. The van der Waals surface area contributed by atoms with Gasteiger partial charge in [-0.15, -0.1) is 0 Å². The summed E-state index contributed by atoms with van der Waals surface area (Å²) in [6, 6.07) is 0.137. The maximum Gasteiger partial charge on any atom is 0.496 e. The fourth-order valence-electron chi connectivity index (χ4n) is 2.94. The minimum atomic E-state index is -0.806. The first-order chi connectivity index (χ1) is 11.5. The highest BCUT2D eigenvalue weighted by Gasteiger charge is 2.51. The van der Waals surface area contributed by atoms with Crippen molar-refractivity contribution in [1.29, 1.82) is 0 Å². The third kappa shape index (κ3) is 2.89. The van der Waals surface area contributed by atoms with Crippen molar-refractivity contribution in [2.75, 3.05) is 18.0 Å². The molecular weight excluding hydrogens is 275 g/mol. The molecule has 0 spiro atoms. The van der Waals surface area contributed by atoms with Crippen LogP contribution in [0.3, 0.4) is 0 Å². The summed E-state index contributed by atoms with van der Waals surface area (Å²) in [4.78, 5) is 6.14. The van der Waals surface area contributed by atoms with Crippen LogP contribution >= 0.6 is 0 Å². The van der Waals surface area contributed by atoms with Crippen LogP contribution in [0, 0.1) is 5.92 Å². The number of hydrogen-bond donors (Lipinski definition) is 0. The molecule has 0 bridgehead atoms. The molecule has 120 valence electrons. The summed E-state index contributed by atoms with van der Waals surface area (Å²) < 4.78 is 37.1. The minimum Gasteiger partial charge on any atom is -0.399 e. The first-order valence-electron chi connectivity index (χ1n) is 9.62. The van der Waals surface area contributed by atoms with Crippen LogP contribution in [0.15, 0.2) is 18.4 Å². The monoisotopic (exact) mass is 305 g/mol. The molecule has 5 heteroatoms. The van der Waals surface area contributed by atoms with E-state index in [-0.39, 0.29) is 18.4 Å². The van der Waals surface area contributed by atoms with Gasteiger partial charge in [0.1, 0.15) is 0 Å². The molecule has 3 rings (SSSR count). The van der Waals surface area contributed by atoms with Crippen molar-refractivity contribution in [3.63, 3.8) is 0 Å². The maximum absolute atomic E-state index is 8.67. The maximum atomic E-state index is 8.67. The molecule has 0 radical (unpaired) electrons. The van der Waals surface area contributed by atoms with Crippen LogP contribution in [0.25, 0.3) is 0 Å². The summed E-state index contributed by atoms with van der Waals surface area (Å²) >= 11 is 0. The second kappa shape index (κ2) is 5.53. The van der Waals surface area contributed by atoms with Gasteiger partial charge in [-0.3, -0.25) is 4.98 Å². The average molecular weight is 305 g/mol. The number of rotatable bonds is 2. The predicted octanol–water partition coefficient (Wildman–Crippen LogP) is 2.62. The van der Waals surface area contributed by atoms with Crippen molar-refractivity contribution in [3.05, 3.63) is 18.4 Å². The zero-order valence-electron chi connectivity index (χ0n) is 17.2. The lowest BCUT2D eigenvalue weighted by atomic mass is 9.80. The van der Waals surface area contributed by atoms with Crippen molar-refractivity contribution < 1.29 is 13.4 Å². The Kier molecular flexibility index (Phi) is 3.11. The Bertz CT molecular complexity index is 668. The van der Waals surface area contributed by atoms with Crippen molar-refractivity contribution in [2.45, 2.75) is 58.7 Å². The van der Waals surface area contributed by atoms with E-state index in [2.05, 4.69) is 16.8 Å². The fraction of sp³-hybridized carbons (Fsp3) is 0.706. The zero-order chi connectivity index (χ0) is 18.6. The molecule has 1 aromatic rings. The smallest absolute Gasteiger partial charge is 0.399 e. The second-order valence-electron chi connectivity index (χ2n) is 7.50. The number of piperidine rings is 1. The van der Waals surface area contributed by atoms with E-state index >= 15 is 0 Å². The molecule has 22 heavy (non-hydrogen) atoms. The highest BCUT2D eigenvalue weighted by Crippen LogP contribution is 2.36. The van der Waals surface area contributed by atoms with E-state index in [0.717, 1.165) is 25.9 Å². The highest BCUT2D eigenvalue weighted by molar-refractivity contribution is 6.62. The lowest BCUT2D eigenvalue weighted by molar-refractivity contribution is 0.00578. The Morgan fingerprint density at radius 2 is 1.95 bits per heavy atom. The van der Waals surface area contributed by atoms with Gasteiger partial charge in [0.15, 0.2) is 0 Å². The van der Waals surface area contributed by atoms with Gasteiger partial charge in [0.2, 0.25) is 0 Å². The summed E-state index contributed by atoms with van der Waals surface area (Å²) in [6.45, 7) is 11.6. The summed E-state index contributed by atoms with van der Waals surface area (Å²) in [6.07, 6.45) is 2.08. The Hall–Kier alpha value is -1.07. The quantitative estimate of drug-likeness (QED) is 0.787. The van der Waals surface area contributed by atoms with Gasteiger partial charge in [0.25, 0.3) is 0 Å². The first-order valence-corrected chi connectivity index (χ1v) is 8.12. The van der Waals surface area contributed by atoms with Gasteiger partial charge in [-0.1, -0.05) is 6.92 Å². The molecule has 0 aliphatic carbocycles. The normalized spacial score (nSPS) is 29.1. The van der Waals surface area contributed by atoms with E-state index in [1.807, 2.05) is 27.7 Å². The SMILES string of the molecule is [2H]c1nc([2H])c(N2CCCC(C)C2)c([2H])c1B1OC(C)(C)C(C)(C)O1. The van der Waals surface area contributed by atoms with Gasteiger partial charge < -0.3 is 14.2 Å². The molecule has 2 fully saturated rings. The lowest BCUT2D eigenvalue weighted by Gasteiger charge is -2.32. The van der Waals surface area contributed by atoms with Crippen molar-refractivity contribution in [2.24, 2.45) is 5.92 Å². The van der Waals surface area contributed by atoms with Crippen molar-refractivity contribution >= 4 is 18.3 Å². The molecular formula is C17H27BN2O2. The van der Waals surface area contributed by atoms with Crippen LogP contribution in [0.4, 0.5) is 5.69 Å². The van der Waals surface area contributed by atoms with Gasteiger partial charge in [-0.2, -0.15) is 0 Å². The Labute approximate surface area is 138 Å². The molecule has 1 aromatic heterocycles. The average Bonchev–Trinajstić information content (AvgIpc) is 2.66. The number of hydrogen-bond acceptors (Lipinski definition) is 4. The molecule has 0 aromatic carbocycles. The van der Waals surface area contributed by atoms with Crippen LogP contribution in [-0.2, 0) is 9.31 Å². The highest BCUT2D eigenvalue weighted by atomic mass is 16.7. The zero-order valence-corrected chi connectivity index (χ0v) is 14.2. The van der Waals surface area contributed by atoms with Gasteiger partial charge >= 0.3 is 7.12 Å². The molecule has 1 unspecified atom stereocenters. The largest absolute Gasteiger partial charge is 0.496 e. The van der Waals surface area contributed by atoms with E-state index in [0.29, 0.717) is 17.1 Å². The number of pyridine rings is 1. The molecule has 3 heterocycles. The summed E-state index contributed by atoms with van der Waals surface area (Å²) in [5.74, 6) is 0.517. The summed E-state index contributed by atoms with van der Waals surface area (Å²) in [5, 5.41) is 0. The van der Waals surface area contributed by atoms with Gasteiger partial charge in [-0.05, 0) is 52.5 Å². The number of anilines is 1. The Balaban J connectivity index is 2.02. The van der Waals surface area contributed by atoms with Crippen LogP contribution in [-0.4, -0.2) is 36.4 Å². The molecule has 2 saturated heterocycles. The molecule has 0 amide bonds. The molecule has 2 aliphatic rings. The Morgan fingerprint density at radius 1 is 1.27 bits per heavy atom. The third-order valence-electron chi connectivity index (χ3n) is 5.05. The molecule has 1 atom stereocenters. The van der Waals surface area contributed by atoms with Crippen molar-refractivity contribution in [1.82, 2.24) is 4.98 Å². The van der Waals surface area contributed by atoms with Crippen LogP contribution in [0.1, 0.15) is 51.6 Å². The van der Waals surface area contributed by atoms with Crippen molar-refractivity contribution in [3.8, 4) is 0 Å². The summed E-state index contributed by atoms with van der Waals surface area (Å²) in [5.41, 5.74) is -0.276. The van der Waals surface area contributed by atoms with E-state index in [1.54, 1.807) is 0 Å². The Morgan fingerprint density at radius 3 is 2.59 bits per heavy atom. The van der Waals surface area contributed by atoms with E-state index in [9.17, 15) is 0 Å². The van der Waals surface area contributed by atoms with E-state index < -0.39 is 18.3 Å². The first kappa shape index (κ1) is 12.4. The number of nitrogens with zero attached hydrogens (tertiary/aromatic N) is 2. The van der Waals surface area contributed by atoms with E-state index in [4.69, 9.17) is 13.4 Å². The van der Waals surface area contributed by atoms with Crippen LogP contribution in [0.2, 0.25) is 0 Å².